The van der Waals surface area contributed by atoms with Crippen LogP contribution >= 0.6 is 11.3 Å². The smallest absolute Gasteiger partial charge is 0.162 e. The maximum absolute atomic E-state index is 5.65. The zero-order valence-corrected chi connectivity index (χ0v) is 21.6. The van der Waals surface area contributed by atoms with Crippen molar-refractivity contribution < 1.29 is 4.74 Å². The maximum Gasteiger partial charge on any atom is 0.162 e. The average Bonchev–Trinajstić information content (AvgIpc) is 3.49. The van der Waals surface area contributed by atoms with Gasteiger partial charge in [0.2, 0.25) is 0 Å². The Morgan fingerprint density at radius 3 is 2.74 bits per heavy atom. The molecule has 0 atom stereocenters. The Morgan fingerprint density at radius 1 is 1.14 bits per heavy atom. The Bertz CT molecular complexity index is 1330. The Morgan fingerprint density at radius 2 is 1.94 bits per heavy atom. The molecule has 3 aromatic heterocycles. The molecule has 35 heavy (non-hydrogen) atoms. The van der Waals surface area contributed by atoms with Crippen molar-refractivity contribution >= 4 is 38.3 Å². The van der Waals surface area contributed by atoms with Crippen LogP contribution in [0.3, 0.4) is 0 Å². The number of anilines is 1. The SMILES string of the molecule is Cc1c(CN(C)C2CCN(C)CC2)sc2c(N3CCOCC3)nc(-c3cccc4[nH]ncc34)nc12. The number of benzene rings is 1. The first-order valence-corrected chi connectivity index (χ1v) is 13.3. The molecule has 0 bridgehead atoms. The number of aryl methyl sites for hydroxylation is 1. The lowest BCUT2D eigenvalue weighted by Crippen LogP contribution is -2.41. The number of nitrogens with zero attached hydrogens (tertiary/aromatic N) is 6. The topological polar surface area (TPSA) is 73.4 Å². The number of aromatic nitrogens is 4. The number of ether oxygens (including phenoxy) is 1. The first-order chi connectivity index (χ1) is 17.1. The van der Waals surface area contributed by atoms with Gasteiger partial charge in [-0.15, -0.1) is 11.3 Å². The highest BCUT2D eigenvalue weighted by Crippen LogP contribution is 2.39. The highest BCUT2D eigenvalue weighted by atomic mass is 32.1. The molecule has 0 unspecified atom stereocenters. The highest BCUT2D eigenvalue weighted by Gasteiger charge is 2.25. The second-order valence-corrected chi connectivity index (χ2v) is 11.0. The van der Waals surface area contributed by atoms with Gasteiger partial charge in [0.1, 0.15) is 0 Å². The second kappa shape index (κ2) is 9.46. The minimum absolute atomic E-state index is 0.634. The number of H-pyrrole nitrogens is 1. The van der Waals surface area contributed by atoms with E-state index in [0.717, 1.165) is 66.5 Å². The molecule has 0 aliphatic carbocycles. The Hall–Kier alpha value is -2.59. The molecule has 0 radical (unpaired) electrons. The molecule has 184 valence electrons. The zero-order valence-electron chi connectivity index (χ0n) is 20.8. The van der Waals surface area contributed by atoms with E-state index in [1.807, 2.05) is 29.7 Å². The quantitative estimate of drug-likeness (QED) is 0.454. The van der Waals surface area contributed by atoms with Crippen molar-refractivity contribution in [3.63, 3.8) is 0 Å². The lowest BCUT2D eigenvalue weighted by atomic mass is 10.0. The molecule has 8 nitrogen and oxygen atoms in total. The number of thiophene rings is 1. The lowest BCUT2D eigenvalue weighted by Gasteiger charge is -2.35. The van der Waals surface area contributed by atoms with Crippen molar-refractivity contribution in [2.45, 2.75) is 32.4 Å². The van der Waals surface area contributed by atoms with Gasteiger partial charge in [-0.25, -0.2) is 9.97 Å². The van der Waals surface area contributed by atoms with E-state index in [4.69, 9.17) is 14.7 Å². The van der Waals surface area contributed by atoms with Crippen molar-refractivity contribution in [1.82, 2.24) is 30.0 Å². The van der Waals surface area contributed by atoms with Gasteiger partial charge in [-0.05, 0) is 58.6 Å². The number of likely N-dealkylation sites (tertiary alicyclic amines) is 1. The summed E-state index contributed by atoms with van der Waals surface area (Å²) >= 11 is 1.87. The van der Waals surface area contributed by atoms with Crippen LogP contribution in [0.15, 0.2) is 24.4 Å². The summed E-state index contributed by atoms with van der Waals surface area (Å²) in [6, 6.07) is 6.81. The van der Waals surface area contributed by atoms with E-state index in [-0.39, 0.29) is 0 Å². The largest absolute Gasteiger partial charge is 0.378 e. The average molecular weight is 492 g/mol. The molecule has 6 rings (SSSR count). The number of hydrogen-bond donors (Lipinski definition) is 1. The van der Waals surface area contributed by atoms with Crippen molar-refractivity contribution in [1.29, 1.82) is 0 Å². The number of piperidine rings is 1. The first-order valence-electron chi connectivity index (χ1n) is 12.5. The highest BCUT2D eigenvalue weighted by molar-refractivity contribution is 7.19. The third-order valence-electron chi connectivity index (χ3n) is 7.59. The first kappa shape index (κ1) is 22.8. The summed E-state index contributed by atoms with van der Waals surface area (Å²) in [7, 11) is 4.50. The number of fused-ring (bicyclic) bond motifs is 2. The summed E-state index contributed by atoms with van der Waals surface area (Å²) in [6.45, 7) is 8.70. The van der Waals surface area contributed by atoms with E-state index in [2.05, 4.69) is 52.0 Å². The predicted octanol–water partition coefficient (Wildman–Crippen LogP) is 3.91. The van der Waals surface area contributed by atoms with Gasteiger partial charge in [-0.3, -0.25) is 10.00 Å². The summed E-state index contributed by atoms with van der Waals surface area (Å²) in [6.07, 6.45) is 4.33. The van der Waals surface area contributed by atoms with E-state index in [0.29, 0.717) is 6.04 Å². The third-order valence-corrected chi connectivity index (χ3v) is 8.85. The summed E-state index contributed by atoms with van der Waals surface area (Å²) in [5.41, 5.74) is 4.38. The molecule has 4 aromatic rings. The zero-order chi connectivity index (χ0) is 23.9. The van der Waals surface area contributed by atoms with E-state index in [9.17, 15) is 0 Å². The Labute approximate surface area is 209 Å². The van der Waals surface area contributed by atoms with Gasteiger partial charge in [0, 0.05) is 41.5 Å². The minimum Gasteiger partial charge on any atom is -0.378 e. The van der Waals surface area contributed by atoms with E-state index in [1.165, 1.54) is 41.1 Å². The molecular formula is C26H33N7OS. The van der Waals surface area contributed by atoms with Crippen LogP contribution in [-0.2, 0) is 11.3 Å². The normalized spacial score (nSPS) is 18.3. The van der Waals surface area contributed by atoms with Crippen LogP contribution in [0.5, 0.6) is 0 Å². The third kappa shape index (κ3) is 4.31. The van der Waals surface area contributed by atoms with Gasteiger partial charge in [0.15, 0.2) is 11.6 Å². The molecule has 2 aliphatic heterocycles. The molecule has 1 N–H and O–H groups in total. The monoisotopic (exact) mass is 491 g/mol. The van der Waals surface area contributed by atoms with Gasteiger partial charge in [-0.1, -0.05) is 12.1 Å². The maximum atomic E-state index is 5.65. The summed E-state index contributed by atoms with van der Waals surface area (Å²) < 4.78 is 6.84. The van der Waals surface area contributed by atoms with Crippen LogP contribution < -0.4 is 4.90 Å². The molecular weight excluding hydrogens is 458 g/mol. The van der Waals surface area contributed by atoms with Crippen molar-refractivity contribution in [2.24, 2.45) is 0 Å². The van der Waals surface area contributed by atoms with E-state index in [1.54, 1.807) is 0 Å². The molecule has 0 amide bonds. The van der Waals surface area contributed by atoms with Crippen LogP contribution in [0.1, 0.15) is 23.3 Å². The number of hydrogen-bond acceptors (Lipinski definition) is 8. The van der Waals surface area contributed by atoms with Crippen LogP contribution in [0.2, 0.25) is 0 Å². The Balaban J connectivity index is 1.43. The predicted molar refractivity (Wildman–Crippen MR) is 142 cm³/mol. The molecule has 2 saturated heterocycles. The van der Waals surface area contributed by atoms with Crippen LogP contribution in [0, 0.1) is 6.92 Å². The molecule has 9 heteroatoms. The fraction of sp³-hybridized carbons (Fsp3) is 0.500. The molecule has 1 aromatic carbocycles. The van der Waals surface area contributed by atoms with Crippen molar-refractivity contribution in [2.75, 3.05) is 58.4 Å². The summed E-state index contributed by atoms with van der Waals surface area (Å²) in [5, 5.41) is 8.38. The van der Waals surface area contributed by atoms with Gasteiger partial charge < -0.3 is 14.5 Å². The minimum atomic E-state index is 0.634. The van der Waals surface area contributed by atoms with Crippen molar-refractivity contribution in [3.05, 3.63) is 34.8 Å². The fourth-order valence-electron chi connectivity index (χ4n) is 5.33. The number of nitrogens with one attached hydrogen (secondary N) is 1. The van der Waals surface area contributed by atoms with Gasteiger partial charge in [0.25, 0.3) is 0 Å². The number of aromatic amines is 1. The number of morpholine rings is 1. The molecule has 0 saturated carbocycles. The molecule has 5 heterocycles. The van der Waals surface area contributed by atoms with Gasteiger partial charge >= 0.3 is 0 Å². The van der Waals surface area contributed by atoms with Gasteiger partial charge in [0.05, 0.1) is 35.1 Å². The summed E-state index contributed by atoms with van der Waals surface area (Å²) in [4.78, 5) is 19.1. The van der Waals surface area contributed by atoms with Crippen molar-refractivity contribution in [3.8, 4) is 11.4 Å². The number of rotatable bonds is 5. The fourth-order valence-corrected chi connectivity index (χ4v) is 6.66. The van der Waals surface area contributed by atoms with Crippen LogP contribution in [-0.4, -0.2) is 89.5 Å². The standard InChI is InChI=1S/C26H33N7OS/c1-17-22(16-32(3)18-7-9-31(2)10-8-18)35-24-23(17)28-25(29-26(24)33-11-13-34-14-12-33)19-5-4-6-21-20(19)15-27-30-21/h4-6,15,18H,7-14,16H2,1-3H3,(H,27,30). The molecule has 2 aliphatic rings. The van der Waals surface area contributed by atoms with E-state index >= 15 is 0 Å². The Kier molecular flexibility index (Phi) is 6.18. The van der Waals surface area contributed by atoms with Gasteiger partial charge in [-0.2, -0.15) is 5.10 Å². The molecule has 0 spiro atoms. The van der Waals surface area contributed by atoms with E-state index < -0.39 is 0 Å². The van der Waals surface area contributed by atoms with Crippen LogP contribution in [0.25, 0.3) is 32.5 Å². The molecule has 2 fully saturated rings. The second-order valence-electron chi connectivity index (χ2n) is 9.88. The van der Waals surface area contributed by atoms with Crippen LogP contribution in [0.4, 0.5) is 5.82 Å². The lowest BCUT2D eigenvalue weighted by molar-refractivity contribution is 0.122. The summed E-state index contributed by atoms with van der Waals surface area (Å²) in [5.74, 6) is 1.80.